The van der Waals surface area contributed by atoms with E-state index < -0.39 is 57.7 Å². The summed E-state index contributed by atoms with van der Waals surface area (Å²) in [4.78, 5) is 26.9. The molecule has 0 saturated carbocycles. The Hall–Kier alpha value is -2.13. The Balaban J connectivity index is 2.20. The number of amides is 1. The summed E-state index contributed by atoms with van der Waals surface area (Å²) in [7, 11) is -3.53. The topological polar surface area (TPSA) is 101 Å². The van der Waals surface area contributed by atoms with Crippen molar-refractivity contribution in [2.75, 3.05) is 5.75 Å². The van der Waals surface area contributed by atoms with Crippen LogP contribution in [0.5, 0.6) is 0 Å². The Morgan fingerprint density at radius 2 is 1.72 bits per heavy atom. The first kappa shape index (κ1) is 28.4. The molecular formula is C26H31Cl2NO6S. The van der Waals surface area contributed by atoms with Crippen LogP contribution in [0.1, 0.15) is 63.3 Å². The summed E-state index contributed by atoms with van der Waals surface area (Å²) >= 11 is 12.4. The number of morpholine rings is 1. The molecular weight excluding hydrogens is 525 g/mol. The standard InChI is InChI=1S/C26H31Cl2NO6S/c1-4-16(3)36(33,34)15-21(5-2)29-24(17-9-11-19(27)12-10-17)25(18-7-6-8-20(28)13-18)35-22(26(29)32)14-23(30)31/h6-13,16,21-22,24-25H,4-5,14-15H2,1-3H3,(H,30,31)/t16?,21?,22-,24-,25-/m1/s1. The lowest BCUT2D eigenvalue weighted by atomic mass is 9.89. The molecule has 5 atom stereocenters. The van der Waals surface area contributed by atoms with Crippen molar-refractivity contribution in [1.82, 2.24) is 4.90 Å². The van der Waals surface area contributed by atoms with Crippen molar-refractivity contribution in [3.05, 3.63) is 69.7 Å². The fourth-order valence-electron chi connectivity index (χ4n) is 4.48. The van der Waals surface area contributed by atoms with Crippen LogP contribution in [0.15, 0.2) is 48.5 Å². The summed E-state index contributed by atoms with van der Waals surface area (Å²) in [5.41, 5.74) is 1.33. The molecule has 1 N–H and O–H groups in total. The van der Waals surface area contributed by atoms with Crippen LogP contribution in [0, 0.1) is 0 Å². The van der Waals surface area contributed by atoms with Gasteiger partial charge in [-0.1, -0.05) is 61.3 Å². The average molecular weight is 557 g/mol. The van der Waals surface area contributed by atoms with E-state index in [0.717, 1.165) is 0 Å². The molecule has 1 amide bonds. The highest BCUT2D eigenvalue weighted by atomic mass is 35.5. The minimum absolute atomic E-state index is 0.240. The van der Waals surface area contributed by atoms with Crippen LogP contribution >= 0.6 is 23.2 Å². The number of aliphatic carboxylic acids is 1. The Labute approximate surface area is 222 Å². The fraction of sp³-hybridized carbons (Fsp3) is 0.462. The number of carbonyl (C=O) groups excluding carboxylic acids is 1. The summed E-state index contributed by atoms with van der Waals surface area (Å²) in [5.74, 6) is -1.98. The Kier molecular flexibility index (Phi) is 9.44. The van der Waals surface area contributed by atoms with Gasteiger partial charge in [0, 0.05) is 16.1 Å². The van der Waals surface area contributed by atoms with Gasteiger partial charge in [-0.05, 0) is 55.2 Å². The molecule has 1 saturated heterocycles. The Morgan fingerprint density at radius 1 is 1.06 bits per heavy atom. The van der Waals surface area contributed by atoms with Crippen LogP contribution in [0.25, 0.3) is 0 Å². The molecule has 1 fully saturated rings. The number of ether oxygens (including phenoxy) is 1. The third-order valence-electron chi connectivity index (χ3n) is 6.65. The second-order valence-corrected chi connectivity index (χ2v) is 12.4. The molecule has 2 aromatic carbocycles. The van der Waals surface area contributed by atoms with E-state index in [0.29, 0.717) is 34.0 Å². The highest BCUT2D eigenvalue weighted by molar-refractivity contribution is 7.92. The molecule has 3 rings (SSSR count). The summed E-state index contributed by atoms with van der Waals surface area (Å²) in [6.45, 7) is 5.28. The number of carboxylic acid groups (broad SMARTS) is 1. The molecule has 0 spiro atoms. The van der Waals surface area contributed by atoms with Crippen molar-refractivity contribution in [1.29, 1.82) is 0 Å². The van der Waals surface area contributed by atoms with Crippen molar-refractivity contribution in [3.8, 4) is 0 Å². The van der Waals surface area contributed by atoms with Gasteiger partial charge in [-0.2, -0.15) is 0 Å². The molecule has 0 radical (unpaired) electrons. The molecule has 0 aromatic heterocycles. The second kappa shape index (κ2) is 11.9. The zero-order valence-corrected chi connectivity index (χ0v) is 22.8. The first-order chi connectivity index (χ1) is 17.0. The van der Waals surface area contributed by atoms with Crippen LogP contribution in [0.3, 0.4) is 0 Å². The van der Waals surface area contributed by atoms with E-state index in [1.165, 1.54) is 4.90 Å². The highest BCUT2D eigenvalue weighted by Gasteiger charge is 2.48. The number of sulfone groups is 1. The maximum Gasteiger partial charge on any atom is 0.306 e. The molecule has 36 heavy (non-hydrogen) atoms. The number of carboxylic acids is 1. The first-order valence-electron chi connectivity index (χ1n) is 11.9. The number of hydrogen-bond acceptors (Lipinski definition) is 5. The molecule has 0 aliphatic carbocycles. The number of rotatable bonds is 10. The van der Waals surface area contributed by atoms with Crippen LogP contribution in [-0.4, -0.2) is 53.4 Å². The lowest BCUT2D eigenvalue weighted by molar-refractivity contribution is -0.182. The number of carbonyl (C=O) groups is 2. The molecule has 1 aliphatic heterocycles. The normalized spacial score (nSPS) is 22.3. The van der Waals surface area contributed by atoms with E-state index in [-0.39, 0.29) is 5.75 Å². The van der Waals surface area contributed by atoms with Crippen LogP contribution in [0.4, 0.5) is 0 Å². The van der Waals surface area contributed by atoms with E-state index in [2.05, 4.69) is 0 Å². The number of hydrogen-bond donors (Lipinski definition) is 1. The fourth-order valence-corrected chi connectivity index (χ4v) is 6.57. The summed E-state index contributed by atoms with van der Waals surface area (Å²) in [6.07, 6.45) is -1.81. The second-order valence-electron chi connectivity index (χ2n) is 9.05. The number of halogens is 2. The van der Waals surface area contributed by atoms with Gasteiger partial charge < -0.3 is 14.7 Å². The van der Waals surface area contributed by atoms with E-state index in [1.54, 1.807) is 62.4 Å². The monoisotopic (exact) mass is 555 g/mol. The van der Waals surface area contributed by atoms with Gasteiger partial charge in [0.1, 0.15) is 12.2 Å². The van der Waals surface area contributed by atoms with Crippen molar-refractivity contribution in [2.45, 2.75) is 69.6 Å². The van der Waals surface area contributed by atoms with Gasteiger partial charge in [0.25, 0.3) is 5.91 Å². The van der Waals surface area contributed by atoms with Gasteiger partial charge in [0.15, 0.2) is 9.84 Å². The van der Waals surface area contributed by atoms with Gasteiger partial charge in [0.2, 0.25) is 0 Å². The number of nitrogens with zero attached hydrogens (tertiary/aromatic N) is 1. The summed E-state index contributed by atoms with van der Waals surface area (Å²) in [5, 5.41) is 9.87. The van der Waals surface area contributed by atoms with Crippen molar-refractivity contribution < 1.29 is 27.9 Å². The maximum atomic E-state index is 13.8. The Morgan fingerprint density at radius 3 is 2.28 bits per heavy atom. The molecule has 196 valence electrons. The van der Waals surface area contributed by atoms with Crippen molar-refractivity contribution in [3.63, 3.8) is 0 Å². The van der Waals surface area contributed by atoms with Crippen LogP contribution in [-0.2, 0) is 24.2 Å². The molecule has 7 nitrogen and oxygen atoms in total. The SMILES string of the molecule is CCC(CS(=O)(=O)C(C)CC)N1C(=O)[C@@H](CC(=O)O)O[C@H](c2cccc(Cl)c2)[C@H]1c1ccc(Cl)cc1. The zero-order valence-electron chi connectivity index (χ0n) is 20.4. The third-order valence-corrected chi connectivity index (χ3v) is 9.55. The van der Waals surface area contributed by atoms with Crippen LogP contribution in [0.2, 0.25) is 10.0 Å². The molecule has 2 aromatic rings. The van der Waals surface area contributed by atoms with Gasteiger partial charge in [-0.15, -0.1) is 0 Å². The highest BCUT2D eigenvalue weighted by Crippen LogP contribution is 2.44. The molecule has 0 bridgehead atoms. The minimum atomic E-state index is -3.53. The predicted octanol–water partition coefficient (Wildman–Crippen LogP) is 5.47. The van der Waals surface area contributed by atoms with E-state index in [4.69, 9.17) is 27.9 Å². The maximum absolute atomic E-state index is 13.8. The quantitative estimate of drug-likeness (QED) is 0.417. The lowest BCUT2D eigenvalue weighted by Crippen LogP contribution is -2.56. The van der Waals surface area contributed by atoms with E-state index in [1.807, 2.05) is 6.92 Å². The average Bonchev–Trinajstić information content (AvgIpc) is 2.83. The van der Waals surface area contributed by atoms with Gasteiger partial charge >= 0.3 is 5.97 Å². The molecule has 1 aliphatic rings. The first-order valence-corrected chi connectivity index (χ1v) is 14.4. The summed E-state index contributed by atoms with van der Waals surface area (Å²) < 4.78 is 32.4. The predicted molar refractivity (Wildman–Crippen MR) is 140 cm³/mol. The smallest absolute Gasteiger partial charge is 0.306 e. The Bertz CT molecular complexity index is 1190. The molecule has 10 heteroatoms. The van der Waals surface area contributed by atoms with E-state index >= 15 is 0 Å². The van der Waals surface area contributed by atoms with Crippen molar-refractivity contribution in [2.24, 2.45) is 0 Å². The van der Waals surface area contributed by atoms with Gasteiger partial charge in [-0.3, -0.25) is 9.59 Å². The van der Waals surface area contributed by atoms with E-state index in [9.17, 15) is 23.1 Å². The van der Waals surface area contributed by atoms with Gasteiger partial charge in [0.05, 0.1) is 23.5 Å². The zero-order chi connectivity index (χ0) is 26.6. The summed E-state index contributed by atoms with van der Waals surface area (Å²) in [6, 6.07) is 12.4. The largest absolute Gasteiger partial charge is 0.481 e. The van der Waals surface area contributed by atoms with Crippen LogP contribution < -0.4 is 0 Å². The van der Waals surface area contributed by atoms with Gasteiger partial charge in [-0.25, -0.2) is 8.42 Å². The molecule has 1 heterocycles. The third kappa shape index (κ3) is 6.40. The lowest BCUT2D eigenvalue weighted by Gasteiger charge is -2.48. The number of benzene rings is 2. The minimum Gasteiger partial charge on any atom is -0.481 e. The molecule has 2 unspecified atom stereocenters. The van der Waals surface area contributed by atoms with Crippen molar-refractivity contribution >= 4 is 44.9 Å².